The third-order valence-electron chi connectivity index (χ3n) is 10.1. The van der Waals surface area contributed by atoms with Crippen LogP contribution >= 0.6 is 0 Å². The van der Waals surface area contributed by atoms with Crippen LogP contribution in [0.25, 0.3) is 0 Å². The predicted octanol–water partition coefficient (Wildman–Crippen LogP) is 3.34. The van der Waals surface area contributed by atoms with Crippen LogP contribution in [0.3, 0.4) is 0 Å². The van der Waals surface area contributed by atoms with E-state index in [9.17, 15) is 14.7 Å². The lowest BCUT2D eigenvalue weighted by atomic mass is 9.79. The van der Waals surface area contributed by atoms with Crippen molar-refractivity contribution >= 4 is 11.8 Å². The zero-order chi connectivity index (χ0) is 31.9. The fourth-order valence-corrected chi connectivity index (χ4v) is 7.02. The van der Waals surface area contributed by atoms with E-state index in [0.29, 0.717) is 12.8 Å². The standard InChI is InChI=1S/C33H61N3O7/c1-23-20-33(5,40-9)28(43-30-29(38)26(34(6)7)18-24(2)42-30)19-27(37)32(3,4)31(39)41-22-25(35(8)21-23)14-13-17-36-15-11-10-12-16-36/h23-26,28-30,38H,10-22H2,1-9H3/t23-,24-,25+,26+,28-,29-,30+,33-/m1/s1. The van der Waals surface area contributed by atoms with Gasteiger partial charge < -0.3 is 33.9 Å². The highest BCUT2D eigenvalue weighted by atomic mass is 16.7. The van der Waals surface area contributed by atoms with Crippen molar-refractivity contribution in [1.82, 2.24) is 14.7 Å². The molecule has 3 saturated heterocycles. The number of ketones is 1. The number of likely N-dealkylation sites (N-methyl/N-ethyl adjacent to an activating group) is 2. The van der Waals surface area contributed by atoms with Crippen LogP contribution in [0.4, 0.5) is 0 Å². The van der Waals surface area contributed by atoms with Crippen LogP contribution in [0, 0.1) is 11.3 Å². The van der Waals surface area contributed by atoms with Gasteiger partial charge in [-0.15, -0.1) is 0 Å². The van der Waals surface area contributed by atoms with E-state index in [4.69, 9.17) is 18.9 Å². The topological polar surface area (TPSA) is 101 Å². The van der Waals surface area contributed by atoms with Gasteiger partial charge in [-0.25, -0.2) is 0 Å². The second kappa shape index (κ2) is 15.9. The minimum absolute atomic E-state index is 0.0546. The lowest BCUT2D eigenvalue weighted by molar-refractivity contribution is -0.289. The molecule has 3 aliphatic rings. The average Bonchev–Trinajstić information content (AvgIpc) is 2.95. The van der Waals surface area contributed by atoms with E-state index in [0.717, 1.165) is 25.9 Å². The van der Waals surface area contributed by atoms with Crippen LogP contribution in [-0.4, -0.2) is 135 Å². The molecule has 0 bridgehead atoms. The largest absolute Gasteiger partial charge is 0.463 e. The summed E-state index contributed by atoms with van der Waals surface area (Å²) in [5, 5.41) is 11.2. The molecular formula is C33H61N3O7. The third kappa shape index (κ3) is 9.67. The number of methoxy groups -OCH3 is 1. The summed E-state index contributed by atoms with van der Waals surface area (Å²) in [5.41, 5.74) is -2.23. The Labute approximate surface area is 260 Å². The summed E-state index contributed by atoms with van der Waals surface area (Å²) >= 11 is 0. The highest BCUT2D eigenvalue weighted by molar-refractivity contribution is 6.03. The molecule has 3 rings (SSSR count). The Balaban J connectivity index is 1.83. The molecule has 1 N–H and O–H groups in total. The van der Waals surface area contributed by atoms with Crippen LogP contribution in [0.15, 0.2) is 0 Å². The summed E-state index contributed by atoms with van der Waals surface area (Å²) in [6.45, 7) is 13.8. The van der Waals surface area contributed by atoms with Gasteiger partial charge in [-0.1, -0.05) is 13.3 Å². The number of carbonyl (C=O) groups excluding carboxylic acids is 2. The van der Waals surface area contributed by atoms with Gasteiger partial charge in [-0.3, -0.25) is 14.5 Å². The van der Waals surface area contributed by atoms with Crippen molar-refractivity contribution in [2.24, 2.45) is 11.3 Å². The van der Waals surface area contributed by atoms with Gasteiger partial charge in [0.15, 0.2) is 12.1 Å². The number of nitrogens with zero attached hydrogens (tertiary/aromatic N) is 3. The summed E-state index contributed by atoms with van der Waals surface area (Å²) in [7, 11) is 7.59. The van der Waals surface area contributed by atoms with Gasteiger partial charge in [0.1, 0.15) is 18.1 Å². The van der Waals surface area contributed by atoms with Gasteiger partial charge in [0, 0.05) is 32.2 Å². The van der Waals surface area contributed by atoms with Crippen LogP contribution in [0.5, 0.6) is 0 Å². The van der Waals surface area contributed by atoms with Gasteiger partial charge in [0.05, 0.1) is 17.8 Å². The number of piperidine rings is 1. The van der Waals surface area contributed by atoms with E-state index in [2.05, 4.69) is 23.8 Å². The molecule has 43 heavy (non-hydrogen) atoms. The number of hydrogen-bond acceptors (Lipinski definition) is 10. The van der Waals surface area contributed by atoms with Crippen LogP contribution in [-0.2, 0) is 28.5 Å². The minimum atomic E-state index is -1.36. The second-order valence-electron chi connectivity index (χ2n) is 14.5. The maximum Gasteiger partial charge on any atom is 0.319 e. The average molecular weight is 612 g/mol. The Morgan fingerprint density at radius 2 is 1.77 bits per heavy atom. The first-order valence-electron chi connectivity index (χ1n) is 16.5. The van der Waals surface area contributed by atoms with E-state index >= 15 is 0 Å². The van der Waals surface area contributed by atoms with Crippen molar-refractivity contribution in [3.8, 4) is 0 Å². The summed E-state index contributed by atoms with van der Waals surface area (Å²) in [6.07, 6.45) is 4.30. The maximum atomic E-state index is 13.8. The summed E-state index contributed by atoms with van der Waals surface area (Å²) in [5.74, 6) is -0.613. The molecule has 0 aromatic carbocycles. The highest BCUT2D eigenvalue weighted by Crippen LogP contribution is 2.35. The Bertz CT molecular complexity index is 896. The summed E-state index contributed by atoms with van der Waals surface area (Å²) < 4.78 is 24.6. The zero-order valence-electron chi connectivity index (χ0n) is 28.5. The van der Waals surface area contributed by atoms with Crippen LogP contribution in [0.1, 0.15) is 86.0 Å². The third-order valence-corrected chi connectivity index (χ3v) is 10.1. The Morgan fingerprint density at radius 3 is 2.40 bits per heavy atom. The maximum absolute atomic E-state index is 13.8. The van der Waals surface area contributed by atoms with Crippen molar-refractivity contribution in [3.63, 3.8) is 0 Å². The number of likely N-dealkylation sites (tertiary alicyclic amines) is 1. The molecule has 0 aromatic heterocycles. The SMILES string of the molecule is CO[C@]1(C)C[C@@H](C)CN(C)[C@@H](CCCN2CCCCC2)COC(=O)C(C)(C)C(=O)C[C@H]1O[C@@H]1O[C@H](C)C[C@H](N(C)C)[C@H]1O. The van der Waals surface area contributed by atoms with Crippen molar-refractivity contribution in [1.29, 1.82) is 0 Å². The smallest absolute Gasteiger partial charge is 0.319 e. The molecular weight excluding hydrogens is 550 g/mol. The number of esters is 1. The van der Waals surface area contributed by atoms with Crippen molar-refractivity contribution in [2.75, 3.05) is 61.0 Å². The van der Waals surface area contributed by atoms with Gasteiger partial charge in [-0.2, -0.15) is 0 Å². The molecule has 0 unspecified atom stereocenters. The fraction of sp³-hybridized carbons (Fsp3) is 0.939. The monoisotopic (exact) mass is 611 g/mol. The van der Waals surface area contributed by atoms with Gasteiger partial charge >= 0.3 is 5.97 Å². The predicted molar refractivity (Wildman–Crippen MR) is 167 cm³/mol. The van der Waals surface area contributed by atoms with Crippen LogP contribution < -0.4 is 0 Å². The molecule has 10 nitrogen and oxygen atoms in total. The molecule has 3 heterocycles. The number of aliphatic hydroxyl groups is 1. The van der Waals surface area contributed by atoms with E-state index in [-0.39, 0.29) is 42.9 Å². The molecule has 8 atom stereocenters. The Morgan fingerprint density at radius 1 is 1.09 bits per heavy atom. The Kier molecular flexibility index (Phi) is 13.4. The van der Waals surface area contributed by atoms with Crippen molar-refractivity contribution in [2.45, 2.75) is 128 Å². The van der Waals surface area contributed by atoms with E-state index in [1.165, 1.54) is 32.4 Å². The molecule has 10 heteroatoms. The fourth-order valence-electron chi connectivity index (χ4n) is 7.02. The van der Waals surface area contributed by atoms with Crippen molar-refractivity contribution in [3.05, 3.63) is 0 Å². The summed E-state index contributed by atoms with van der Waals surface area (Å²) in [4.78, 5) is 34.1. The van der Waals surface area contributed by atoms with Gasteiger partial charge in [0.2, 0.25) is 0 Å². The highest BCUT2D eigenvalue weighted by Gasteiger charge is 2.48. The molecule has 0 radical (unpaired) electrons. The lowest BCUT2D eigenvalue weighted by Gasteiger charge is -2.45. The molecule has 0 spiro atoms. The van der Waals surface area contributed by atoms with Gasteiger partial charge in [-0.05, 0) is 113 Å². The van der Waals surface area contributed by atoms with E-state index < -0.39 is 35.5 Å². The zero-order valence-corrected chi connectivity index (χ0v) is 28.5. The van der Waals surface area contributed by atoms with Crippen LogP contribution in [0.2, 0.25) is 0 Å². The minimum Gasteiger partial charge on any atom is -0.463 e. The number of cyclic esters (lactones) is 1. The summed E-state index contributed by atoms with van der Waals surface area (Å²) in [6, 6.07) is -0.0993. The molecule has 0 amide bonds. The van der Waals surface area contributed by atoms with E-state index in [1.54, 1.807) is 21.0 Å². The second-order valence-corrected chi connectivity index (χ2v) is 14.5. The first kappa shape index (κ1) is 36.3. The number of carbonyl (C=O) groups is 2. The number of rotatable bonds is 8. The molecule has 3 aliphatic heterocycles. The normalized spacial score (nSPS) is 37.8. The lowest BCUT2D eigenvalue weighted by Crippen LogP contribution is -2.57. The molecule has 0 aromatic rings. The number of aliphatic hydroxyl groups excluding tert-OH is 1. The quantitative estimate of drug-likeness (QED) is 0.325. The molecule has 0 saturated carbocycles. The molecule has 0 aliphatic carbocycles. The van der Waals surface area contributed by atoms with E-state index in [1.807, 2.05) is 32.8 Å². The first-order chi connectivity index (χ1) is 20.2. The molecule has 3 fully saturated rings. The number of ether oxygens (including phenoxy) is 4. The Hall–Kier alpha value is -1.14. The first-order valence-corrected chi connectivity index (χ1v) is 16.5. The molecule has 250 valence electrons. The number of hydrogen-bond donors (Lipinski definition) is 1. The van der Waals surface area contributed by atoms with Crippen molar-refractivity contribution < 1.29 is 33.6 Å². The number of Topliss-reactive ketones (excluding diaryl/α,β-unsaturated/α-hetero) is 1. The van der Waals surface area contributed by atoms with Gasteiger partial charge in [0.25, 0.3) is 0 Å².